The summed E-state index contributed by atoms with van der Waals surface area (Å²) in [5, 5.41) is 19.6. The van der Waals surface area contributed by atoms with Crippen LogP contribution in [0.15, 0.2) is 48.5 Å². The molecule has 2 nitrogen and oxygen atoms in total. The first-order valence-electron chi connectivity index (χ1n) is 9.50. The van der Waals surface area contributed by atoms with Gasteiger partial charge in [0.05, 0.1) is 12.1 Å². The number of nitrogens with zero attached hydrogens (tertiary/aromatic N) is 2. The zero-order valence-corrected chi connectivity index (χ0v) is 17.4. The van der Waals surface area contributed by atoms with Gasteiger partial charge in [0.2, 0.25) is 0 Å². The first kappa shape index (κ1) is 20.7. The lowest BCUT2D eigenvalue weighted by molar-refractivity contribution is 0.514. The number of benzene rings is 2. The number of rotatable bonds is 4. The van der Waals surface area contributed by atoms with E-state index in [-0.39, 0.29) is 10.8 Å². The molecule has 0 spiro atoms. The third-order valence-electron chi connectivity index (χ3n) is 5.08. The van der Waals surface area contributed by atoms with E-state index in [0.29, 0.717) is 12.8 Å². The maximum atomic E-state index is 9.79. The Hall–Kier alpha value is -2.58. The standard InChI is InChI=1S/C25H30N2/c1-23(2,3)21-11-7-19(8-12-21)15-25(17-26,18-27)16-20-9-13-22(14-10-20)24(4,5)6/h7-14H,15-16H2,1-6H3. The summed E-state index contributed by atoms with van der Waals surface area (Å²) in [5.41, 5.74) is 3.69. The van der Waals surface area contributed by atoms with Gasteiger partial charge >= 0.3 is 0 Å². The van der Waals surface area contributed by atoms with E-state index >= 15 is 0 Å². The molecule has 0 bridgehead atoms. The maximum absolute atomic E-state index is 9.79. The van der Waals surface area contributed by atoms with Crippen molar-refractivity contribution in [3.05, 3.63) is 70.8 Å². The molecule has 0 radical (unpaired) electrons. The first-order chi connectivity index (χ1) is 12.5. The lowest BCUT2D eigenvalue weighted by Crippen LogP contribution is -2.23. The SMILES string of the molecule is CC(C)(C)c1ccc(CC(C#N)(C#N)Cc2ccc(C(C)(C)C)cc2)cc1. The molecule has 2 heteroatoms. The third kappa shape index (κ3) is 5.21. The molecule has 2 aromatic rings. The monoisotopic (exact) mass is 358 g/mol. The van der Waals surface area contributed by atoms with E-state index in [1.165, 1.54) is 11.1 Å². The van der Waals surface area contributed by atoms with Gasteiger partial charge in [-0.2, -0.15) is 10.5 Å². The van der Waals surface area contributed by atoms with Crippen LogP contribution in [-0.4, -0.2) is 0 Å². The van der Waals surface area contributed by atoms with Crippen molar-refractivity contribution in [2.45, 2.75) is 65.2 Å². The fraction of sp³-hybridized carbons (Fsp3) is 0.440. The zero-order chi connectivity index (χ0) is 20.3. The van der Waals surface area contributed by atoms with Gasteiger partial charge in [-0.05, 0) is 33.1 Å². The second-order valence-corrected chi connectivity index (χ2v) is 9.55. The van der Waals surface area contributed by atoms with Crippen molar-refractivity contribution in [1.82, 2.24) is 0 Å². The molecule has 0 aliphatic carbocycles. The van der Waals surface area contributed by atoms with Gasteiger partial charge in [0.15, 0.2) is 5.41 Å². The number of hydrogen-bond acceptors (Lipinski definition) is 2. The highest BCUT2D eigenvalue weighted by atomic mass is 14.4. The van der Waals surface area contributed by atoms with Gasteiger partial charge < -0.3 is 0 Å². The van der Waals surface area contributed by atoms with E-state index in [2.05, 4.69) is 77.9 Å². The van der Waals surface area contributed by atoms with E-state index < -0.39 is 5.41 Å². The Labute approximate surface area is 164 Å². The van der Waals surface area contributed by atoms with Crippen LogP contribution in [0.2, 0.25) is 0 Å². The molecule has 0 atom stereocenters. The van der Waals surface area contributed by atoms with E-state index in [4.69, 9.17) is 0 Å². The van der Waals surface area contributed by atoms with Gasteiger partial charge in [0.1, 0.15) is 0 Å². The predicted molar refractivity (Wildman–Crippen MR) is 111 cm³/mol. The summed E-state index contributed by atoms with van der Waals surface area (Å²) in [6.07, 6.45) is 0.872. The van der Waals surface area contributed by atoms with Gasteiger partial charge in [0.25, 0.3) is 0 Å². The summed E-state index contributed by atoms with van der Waals surface area (Å²) in [6, 6.07) is 21.2. The van der Waals surface area contributed by atoms with Crippen molar-refractivity contribution in [3.8, 4) is 12.1 Å². The van der Waals surface area contributed by atoms with E-state index in [0.717, 1.165) is 11.1 Å². The van der Waals surface area contributed by atoms with Gasteiger partial charge in [-0.1, -0.05) is 90.1 Å². The molecule has 0 amide bonds. The topological polar surface area (TPSA) is 47.6 Å². The Balaban J connectivity index is 2.23. The highest BCUT2D eigenvalue weighted by Gasteiger charge is 2.31. The van der Waals surface area contributed by atoms with Gasteiger partial charge in [-0.15, -0.1) is 0 Å². The highest BCUT2D eigenvalue weighted by molar-refractivity contribution is 5.34. The van der Waals surface area contributed by atoms with Gasteiger partial charge in [0, 0.05) is 12.8 Å². The quantitative estimate of drug-likeness (QED) is 0.663. The van der Waals surface area contributed by atoms with Crippen LogP contribution in [-0.2, 0) is 23.7 Å². The molecule has 0 fully saturated rings. The minimum Gasteiger partial charge on any atom is -0.197 e. The molecule has 0 saturated heterocycles. The Morgan fingerprint density at radius 3 is 1.11 bits per heavy atom. The van der Waals surface area contributed by atoms with Crippen molar-refractivity contribution in [2.24, 2.45) is 5.41 Å². The third-order valence-corrected chi connectivity index (χ3v) is 5.08. The van der Waals surface area contributed by atoms with Gasteiger partial charge in [-0.25, -0.2) is 0 Å². The molecule has 0 aliphatic heterocycles. The van der Waals surface area contributed by atoms with Crippen molar-refractivity contribution in [3.63, 3.8) is 0 Å². The summed E-state index contributed by atoms with van der Waals surface area (Å²) in [5.74, 6) is 0. The predicted octanol–water partition coefficient (Wildman–Crippen LogP) is 6.10. The molecule has 27 heavy (non-hydrogen) atoms. The maximum Gasteiger partial charge on any atom is 0.151 e. The lowest BCUT2D eigenvalue weighted by atomic mass is 9.78. The summed E-state index contributed by atoms with van der Waals surface area (Å²) in [6.45, 7) is 13.1. The Kier molecular flexibility index (Phi) is 5.82. The average molecular weight is 359 g/mol. The van der Waals surface area contributed by atoms with Crippen LogP contribution >= 0.6 is 0 Å². The normalized spacial score (nSPS) is 12.3. The van der Waals surface area contributed by atoms with Crippen molar-refractivity contribution < 1.29 is 0 Å². The fourth-order valence-electron chi connectivity index (χ4n) is 3.19. The average Bonchev–Trinajstić information content (AvgIpc) is 2.60. The van der Waals surface area contributed by atoms with Crippen LogP contribution in [0.25, 0.3) is 0 Å². The Morgan fingerprint density at radius 2 is 0.889 bits per heavy atom. The summed E-state index contributed by atoms with van der Waals surface area (Å²) in [7, 11) is 0. The fourth-order valence-corrected chi connectivity index (χ4v) is 3.19. The molecule has 0 unspecified atom stereocenters. The molecule has 0 N–H and O–H groups in total. The zero-order valence-electron chi connectivity index (χ0n) is 17.4. The van der Waals surface area contributed by atoms with Gasteiger partial charge in [-0.3, -0.25) is 0 Å². The minimum absolute atomic E-state index is 0.0921. The number of hydrogen-bond donors (Lipinski definition) is 0. The van der Waals surface area contributed by atoms with E-state index in [1.807, 2.05) is 24.3 Å². The molecule has 140 valence electrons. The van der Waals surface area contributed by atoms with Crippen molar-refractivity contribution in [2.75, 3.05) is 0 Å². The lowest BCUT2D eigenvalue weighted by Gasteiger charge is -2.22. The van der Waals surface area contributed by atoms with Crippen LogP contribution in [0.1, 0.15) is 63.8 Å². The molecule has 0 saturated carbocycles. The Bertz CT molecular complexity index is 770. The highest BCUT2D eigenvalue weighted by Crippen LogP contribution is 2.30. The number of nitriles is 2. The molecular formula is C25H30N2. The Morgan fingerprint density at radius 1 is 0.593 bits per heavy atom. The summed E-state index contributed by atoms with van der Waals surface area (Å²) in [4.78, 5) is 0. The summed E-state index contributed by atoms with van der Waals surface area (Å²) < 4.78 is 0. The second-order valence-electron chi connectivity index (χ2n) is 9.55. The van der Waals surface area contributed by atoms with Crippen molar-refractivity contribution in [1.29, 1.82) is 10.5 Å². The molecule has 0 aromatic heterocycles. The van der Waals surface area contributed by atoms with Crippen LogP contribution in [0.3, 0.4) is 0 Å². The first-order valence-corrected chi connectivity index (χ1v) is 9.50. The molecular weight excluding hydrogens is 328 g/mol. The van der Waals surface area contributed by atoms with E-state index in [9.17, 15) is 10.5 Å². The van der Waals surface area contributed by atoms with Crippen molar-refractivity contribution >= 4 is 0 Å². The van der Waals surface area contributed by atoms with E-state index in [1.54, 1.807) is 0 Å². The molecule has 2 aromatic carbocycles. The van der Waals surface area contributed by atoms with Crippen LogP contribution in [0, 0.1) is 28.1 Å². The molecule has 2 rings (SSSR count). The van der Waals surface area contributed by atoms with Crippen LogP contribution in [0.4, 0.5) is 0 Å². The van der Waals surface area contributed by atoms with Crippen LogP contribution < -0.4 is 0 Å². The summed E-state index contributed by atoms with van der Waals surface area (Å²) >= 11 is 0. The van der Waals surface area contributed by atoms with Crippen LogP contribution in [0.5, 0.6) is 0 Å². The minimum atomic E-state index is -1.05. The largest absolute Gasteiger partial charge is 0.197 e. The molecule has 0 aliphatic rings. The molecule has 0 heterocycles. The smallest absolute Gasteiger partial charge is 0.151 e. The second kappa shape index (κ2) is 7.58.